The first-order valence-electron chi connectivity index (χ1n) is 10.7. The van der Waals surface area contributed by atoms with Gasteiger partial charge in [0.05, 0.1) is 17.8 Å². The molecule has 1 aliphatic heterocycles. The number of aliphatic imine (C=N–C) groups is 1. The molecule has 2 heterocycles. The molecule has 0 aliphatic carbocycles. The van der Waals surface area contributed by atoms with Crippen molar-refractivity contribution in [3.63, 3.8) is 0 Å². The summed E-state index contributed by atoms with van der Waals surface area (Å²) >= 11 is 0. The molecule has 5 nitrogen and oxygen atoms in total. The highest BCUT2D eigenvalue weighted by molar-refractivity contribution is 6.19. The molecule has 1 aliphatic rings. The molecule has 33 heavy (non-hydrogen) atoms. The topological polar surface area (TPSA) is 74.6 Å². The van der Waals surface area contributed by atoms with E-state index in [1.165, 1.54) is 24.3 Å². The predicted octanol–water partition coefficient (Wildman–Crippen LogP) is 3.97. The van der Waals surface area contributed by atoms with E-state index in [-0.39, 0.29) is 29.6 Å². The van der Waals surface area contributed by atoms with Gasteiger partial charge < -0.3 is 10.4 Å². The maximum atomic E-state index is 14.9. The van der Waals surface area contributed by atoms with E-state index in [1.54, 1.807) is 36.5 Å². The van der Waals surface area contributed by atoms with Crippen LogP contribution in [0.1, 0.15) is 33.6 Å². The highest BCUT2D eigenvalue weighted by Gasteiger charge is 2.23. The first-order chi connectivity index (χ1) is 16.0. The van der Waals surface area contributed by atoms with Crippen molar-refractivity contribution in [2.24, 2.45) is 4.99 Å². The fraction of sp³-hybridized carbons (Fsp3) is 0.192. The Hall–Kier alpha value is -3.71. The minimum Gasteiger partial charge on any atom is -0.396 e. The van der Waals surface area contributed by atoms with E-state index in [0.717, 1.165) is 16.8 Å². The van der Waals surface area contributed by atoms with Crippen molar-refractivity contribution in [1.29, 1.82) is 0 Å². The third kappa shape index (κ3) is 5.38. The highest BCUT2D eigenvalue weighted by Crippen LogP contribution is 2.25. The van der Waals surface area contributed by atoms with E-state index in [4.69, 9.17) is 0 Å². The monoisotopic (exact) mass is 447 g/mol. The lowest BCUT2D eigenvalue weighted by molar-refractivity contribution is 0.0929. The zero-order valence-corrected chi connectivity index (χ0v) is 17.8. The van der Waals surface area contributed by atoms with Crippen LogP contribution in [0.4, 0.5) is 8.78 Å². The first kappa shape index (κ1) is 22.5. The maximum absolute atomic E-state index is 14.9. The molecule has 0 fully saturated rings. The molecule has 0 saturated heterocycles. The smallest absolute Gasteiger partial charge is 0.252 e. The van der Waals surface area contributed by atoms with Crippen LogP contribution in [-0.2, 0) is 6.42 Å². The number of pyridine rings is 1. The van der Waals surface area contributed by atoms with Crippen LogP contribution in [0.2, 0.25) is 0 Å². The number of amides is 1. The van der Waals surface area contributed by atoms with Crippen molar-refractivity contribution in [3.8, 4) is 0 Å². The lowest BCUT2D eigenvalue weighted by Gasteiger charge is -2.19. The van der Waals surface area contributed by atoms with Crippen LogP contribution in [-0.4, -0.2) is 40.9 Å². The Morgan fingerprint density at radius 3 is 2.61 bits per heavy atom. The minimum atomic E-state index is -0.554. The number of carbonyl (C=O) groups is 1. The zero-order chi connectivity index (χ0) is 23.2. The van der Waals surface area contributed by atoms with Gasteiger partial charge >= 0.3 is 0 Å². The molecule has 168 valence electrons. The second-order valence-electron chi connectivity index (χ2n) is 7.75. The number of allylic oxidation sites excluding steroid dienone is 1. The molecule has 3 aromatic rings. The number of hydrogen-bond acceptors (Lipinski definition) is 4. The van der Waals surface area contributed by atoms with Crippen LogP contribution in [0.5, 0.6) is 0 Å². The molecule has 0 saturated carbocycles. The lowest BCUT2D eigenvalue weighted by Crippen LogP contribution is -2.38. The molecule has 7 heteroatoms. The molecule has 1 amide bonds. The van der Waals surface area contributed by atoms with Crippen LogP contribution in [0, 0.1) is 11.6 Å². The van der Waals surface area contributed by atoms with Crippen LogP contribution < -0.4 is 5.32 Å². The number of rotatable bonds is 8. The van der Waals surface area contributed by atoms with Crippen LogP contribution >= 0.6 is 0 Å². The second-order valence-corrected chi connectivity index (χ2v) is 7.75. The summed E-state index contributed by atoms with van der Waals surface area (Å²) in [5.41, 5.74) is 3.02. The number of aromatic nitrogens is 1. The van der Waals surface area contributed by atoms with Gasteiger partial charge in [0.15, 0.2) is 0 Å². The standard InChI is InChI=1S/C26H23F2N3O2/c27-19-9-7-17(8-10-19)18-14-24(30-16-18)25-22(5-3-6-23(25)28)26(33)31-21(11-13-32)15-20-4-1-2-12-29-20/h1-10,12,14,21,32H,11,13,15-16H2,(H,31,33). The molecule has 1 aromatic heterocycles. The van der Waals surface area contributed by atoms with Crippen LogP contribution in [0.3, 0.4) is 0 Å². The summed E-state index contributed by atoms with van der Waals surface area (Å²) in [5.74, 6) is -1.35. The third-order valence-electron chi connectivity index (χ3n) is 5.45. The normalized spacial score (nSPS) is 13.9. The fourth-order valence-corrected chi connectivity index (χ4v) is 3.81. The van der Waals surface area contributed by atoms with Crippen molar-refractivity contribution in [2.75, 3.05) is 13.2 Å². The van der Waals surface area contributed by atoms with E-state index in [2.05, 4.69) is 15.3 Å². The number of halogens is 2. The van der Waals surface area contributed by atoms with Crippen LogP contribution in [0.15, 0.2) is 77.9 Å². The Kier molecular flexibility index (Phi) is 7.00. The largest absolute Gasteiger partial charge is 0.396 e. The molecule has 2 aromatic carbocycles. The summed E-state index contributed by atoms with van der Waals surface area (Å²) in [4.78, 5) is 21.9. The average molecular weight is 447 g/mol. The summed E-state index contributed by atoms with van der Waals surface area (Å²) < 4.78 is 28.1. The quantitative estimate of drug-likeness (QED) is 0.549. The molecule has 1 atom stereocenters. The van der Waals surface area contributed by atoms with Gasteiger partial charge in [-0.15, -0.1) is 0 Å². The number of carbonyl (C=O) groups excluding carboxylic acids is 1. The Labute approximate surface area is 190 Å². The van der Waals surface area contributed by atoms with Gasteiger partial charge in [-0.1, -0.05) is 24.3 Å². The number of benzene rings is 2. The zero-order valence-electron chi connectivity index (χ0n) is 17.8. The molecule has 4 rings (SSSR count). The van der Waals surface area contributed by atoms with E-state index < -0.39 is 11.7 Å². The van der Waals surface area contributed by atoms with E-state index in [9.17, 15) is 18.7 Å². The van der Waals surface area contributed by atoms with Gasteiger partial charge in [-0.05, 0) is 60.0 Å². The number of aliphatic hydroxyl groups is 1. The lowest BCUT2D eigenvalue weighted by atomic mass is 9.98. The third-order valence-corrected chi connectivity index (χ3v) is 5.45. The summed E-state index contributed by atoms with van der Waals surface area (Å²) in [6.45, 7) is 0.202. The molecule has 1 unspecified atom stereocenters. The van der Waals surface area contributed by atoms with E-state index >= 15 is 0 Å². The average Bonchev–Trinajstić information content (AvgIpc) is 3.30. The Morgan fingerprint density at radius 2 is 1.88 bits per heavy atom. The Morgan fingerprint density at radius 1 is 1.06 bits per heavy atom. The molecule has 0 bridgehead atoms. The van der Waals surface area contributed by atoms with Crippen molar-refractivity contribution in [1.82, 2.24) is 10.3 Å². The van der Waals surface area contributed by atoms with Gasteiger partial charge in [0.1, 0.15) is 11.6 Å². The highest BCUT2D eigenvalue weighted by atomic mass is 19.1. The number of aliphatic hydroxyl groups excluding tert-OH is 1. The predicted molar refractivity (Wildman–Crippen MR) is 123 cm³/mol. The van der Waals surface area contributed by atoms with Gasteiger partial charge in [0.2, 0.25) is 0 Å². The fourth-order valence-electron chi connectivity index (χ4n) is 3.81. The first-order valence-corrected chi connectivity index (χ1v) is 10.7. The molecule has 0 spiro atoms. The summed E-state index contributed by atoms with van der Waals surface area (Å²) in [6, 6.07) is 15.5. The van der Waals surface area contributed by atoms with Gasteiger partial charge in [-0.25, -0.2) is 8.78 Å². The van der Waals surface area contributed by atoms with Gasteiger partial charge in [-0.3, -0.25) is 14.8 Å². The Bertz CT molecular complexity index is 1190. The summed E-state index contributed by atoms with van der Waals surface area (Å²) in [6.07, 6.45) is 4.17. The summed E-state index contributed by atoms with van der Waals surface area (Å²) in [5, 5.41) is 12.3. The molecule has 2 N–H and O–H groups in total. The summed E-state index contributed by atoms with van der Waals surface area (Å²) in [7, 11) is 0. The second kappa shape index (κ2) is 10.3. The van der Waals surface area contributed by atoms with Gasteiger partial charge in [-0.2, -0.15) is 0 Å². The SMILES string of the molecule is O=C(NC(CCO)Cc1ccccn1)c1cccc(F)c1C1=NCC(c2ccc(F)cc2)=C1. The maximum Gasteiger partial charge on any atom is 0.252 e. The van der Waals surface area contributed by atoms with E-state index in [1.807, 2.05) is 12.1 Å². The molecular weight excluding hydrogens is 424 g/mol. The van der Waals surface area contributed by atoms with Gasteiger partial charge in [0, 0.05) is 36.5 Å². The molecular formula is C26H23F2N3O2. The van der Waals surface area contributed by atoms with Gasteiger partial charge in [0.25, 0.3) is 5.91 Å². The van der Waals surface area contributed by atoms with Crippen molar-refractivity contribution >= 4 is 17.2 Å². The minimum absolute atomic E-state index is 0.107. The molecule has 0 radical (unpaired) electrons. The number of nitrogens with zero attached hydrogens (tertiary/aromatic N) is 2. The Balaban J connectivity index is 1.58. The van der Waals surface area contributed by atoms with E-state index in [0.29, 0.717) is 25.1 Å². The number of nitrogens with one attached hydrogen (secondary N) is 1. The number of hydrogen-bond donors (Lipinski definition) is 2. The van der Waals surface area contributed by atoms with Crippen molar-refractivity contribution < 1.29 is 18.7 Å². The van der Waals surface area contributed by atoms with Crippen molar-refractivity contribution in [2.45, 2.75) is 18.9 Å². The van der Waals surface area contributed by atoms with Crippen LogP contribution in [0.25, 0.3) is 5.57 Å². The van der Waals surface area contributed by atoms with Crippen molar-refractivity contribution in [3.05, 3.63) is 107 Å².